The number of carbonyl (C=O) groups excluding carboxylic acids is 1. The SMILES string of the molecule is CCc1nccn1CC(=O)N1C[C@H](CO)C[C@H](CN2CCOCC2)C1. The summed E-state index contributed by atoms with van der Waals surface area (Å²) in [5, 5.41) is 9.67. The van der Waals surface area contributed by atoms with E-state index >= 15 is 0 Å². The number of imidazole rings is 1. The number of carbonyl (C=O) groups is 1. The molecule has 0 unspecified atom stereocenters. The van der Waals surface area contributed by atoms with E-state index in [0.29, 0.717) is 19.0 Å². The van der Waals surface area contributed by atoms with Crippen LogP contribution in [0.1, 0.15) is 19.2 Å². The van der Waals surface area contributed by atoms with Crippen LogP contribution in [0.15, 0.2) is 12.4 Å². The van der Waals surface area contributed by atoms with Gasteiger partial charge in [0.25, 0.3) is 0 Å². The lowest BCUT2D eigenvalue weighted by molar-refractivity contribution is -0.135. The molecule has 2 fully saturated rings. The Morgan fingerprint density at radius 2 is 2.08 bits per heavy atom. The van der Waals surface area contributed by atoms with Gasteiger partial charge in [-0.3, -0.25) is 9.69 Å². The molecule has 7 nitrogen and oxygen atoms in total. The summed E-state index contributed by atoms with van der Waals surface area (Å²) in [6.45, 7) is 8.46. The number of aromatic nitrogens is 2. The fourth-order valence-electron chi connectivity index (χ4n) is 3.98. The molecule has 3 rings (SSSR count). The molecule has 2 aliphatic heterocycles. The molecular weight excluding hydrogens is 320 g/mol. The summed E-state index contributed by atoms with van der Waals surface area (Å²) in [6.07, 6.45) is 5.43. The van der Waals surface area contributed by atoms with E-state index in [4.69, 9.17) is 4.74 Å². The van der Waals surface area contributed by atoms with Crippen LogP contribution < -0.4 is 0 Å². The molecule has 25 heavy (non-hydrogen) atoms. The van der Waals surface area contributed by atoms with E-state index in [1.807, 2.05) is 22.6 Å². The molecule has 1 aromatic heterocycles. The van der Waals surface area contributed by atoms with Gasteiger partial charge in [0.1, 0.15) is 12.4 Å². The Bertz CT molecular complexity index is 556. The van der Waals surface area contributed by atoms with Gasteiger partial charge in [0, 0.05) is 58.1 Å². The number of morpholine rings is 1. The molecule has 0 bridgehead atoms. The van der Waals surface area contributed by atoms with Gasteiger partial charge < -0.3 is 19.3 Å². The number of rotatable bonds is 6. The average Bonchev–Trinajstić information content (AvgIpc) is 3.09. The Kier molecular flexibility index (Phi) is 6.45. The third-order valence-corrected chi connectivity index (χ3v) is 5.28. The van der Waals surface area contributed by atoms with E-state index in [1.165, 1.54) is 0 Å². The van der Waals surface area contributed by atoms with Crippen molar-refractivity contribution in [2.45, 2.75) is 26.3 Å². The number of likely N-dealkylation sites (tertiary alicyclic amines) is 1. The lowest BCUT2D eigenvalue weighted by Gasteiger charge is -2.40. The number of aliphatic hydroxyl groups is 1. The van der Waals surface area contributed by atoms with Gasteiger partial charge in [0.2, 0.25) is 5.91 Å². The van der Waals surface area contributed by atoms with Crippen LogP contribution >= 0.6 is 0 Å². The molecule has 0 radical (unpaired) electrons. The Hall–Kier alpha value is -1.44. The highest BCUT2D eigenvalue weighted by Crippen LogP contribution is 2.23. The second kappa shape index (κ2) is 8.78. The van der Waals surface area contributed by atoms with Gasteiger partial charge >= 0.3 is 0 Å². The maximum absolute atomic E-state index is 12.8. The minimum Gasteiger partial charge on any atom is -0.396 e. The average molecular weight is 350 g/mol. The number of aliphatic hydroxyl groups excluding tert-OH is 1. The van der Waals surface area contributed by atoms with Crippen molar-refractivity contribution in [1.29, 1.82) is 0 Å². The van der Waals surface area contributed by atoms with E-state index in [9.17, 15) is 9.90 Å². The molecular formula is C18H30N4O3. The Morgan fingerprint density at radius 1 is 1.32 bits per heavy atom. The number of aryl methyl sites for hydroxylation is 1. The van der Waals surface area contributed by atoms with E-state index < -0.39 is 0 Å². The fraction of sp³-hybridized carbons (Fsp3) is 0.778. The zero-order valence-electron chi connectivity index (χ0n) is 15.1. The number of hydrogen-bond acceptors (Lipinski definition) is 5. The molecule has 2 atom stereocenters. The zero-order valence-corrected chi connectivity index (χ0v) is 15.1. The van der Waals surface area contributed by atoms with Gasteiger partial charge in [-0.15, -0.1) is 0 Å². The molecule has 7 heteroatoms. The third kappa shape index (κ3) is 4.80. The molecule has 2 aliphatic rings. The first-order valence-electron chi connectivity index (χ1n) is 9.38. The first-order chi connectivity index (χ1) is 12.2. The number of nitrogens with zero attached hydrogens (tertiary/aromatic N) is 4. The first kappa shape index (κ1) is 18.4. The maximum Gasteiger partial charge on any atom is 0.242 e. The monoisotopic (exact) mass is 350 g/mol. The number of amides is 1. The van der Waals surface area contributed by atoms with Crippen LogP contribution in [0.4, 0.5) is 0 Å². The van der Waals surface area contributed by atoms with Crippen molar-refractivity contribution in [3.05, 3.63) is 18.2 Å². The van der Waals surface area contributed by atoms with E-state index in [-0.39, 0.29) is 18.4 Å². The zero-order chi connectivity index (χ0) is 17.6. The maximum atomic E-state index is 12.8. The summed E-state index contributed by atoms with van der Waals surface area (Å²) >= 11 is 0. The number of ether oxygens (including phenoxy) is 1. The smallest absolute Gasteiger partial charge is 0.242 e. The van der Waals surface area contributed by atoms with Gasteiger partial charge in [-0.2, -0.15) is 0 Å². The standard InChI is InChI=1S/C18H30N4O3/c1-2-17-19-3-4-21(17)13-18(24)22-11-15(9-16(12-22)14-23)10-20-5-7-25-8-6-20/h3-4,15-16,23H,2,5-14H2,1H3/t15-,16-/m1/s1. The van der Waals surface area contributed by atoms with Crippen LogP contribution in [-0.4, -0.2) is 82.9 Å². The second-order valence-corrected chi connectivity index (χ2v) is 7.19. The number of hydrogen-bond donors (Lipinski definition) is 1. The molecule has 0 aromatic carbocycles. The lowest BCUT2D eigenvalue weighted by Crippen LogP contribution is -2.50. The highest BCUT2D eigenvalue weighted by atomic mass is 16.5. The Morgan fingerprint density at radius 3 is 2.80 bits per heavy atom. The van der Waals surface area contributed by atoms with Crippen LogP contribution in [0.5, 0.6) is 0 Å². The van der Waals surface area contributed by atoms with Gasteiger partial charge in [0.15, 0.2) is 0 Å². The largest absolute Gasteiger partial charge is 0.396 e. The van der Waals surface area contributed by atoms with Gasteiger partial charge in [-0.1, -0.05) is 6.92 Å². The molecule has 1 amide bonds. The summed E-state index contributed by atoms with van der Waals surface area (Å²) < 4.78 is 7.35. The van der Waals surface area contributed by atoms with Crippen LogP contribution in [-0.2, 0) is 22.5 Å². The summed E-state index contributed by atoms with van der Waals surface area (Å²) in [7, 11) is 0. The van der Waals surface area contributed by atoms with Crippen LogP contribution in [0.3, 0.4) is 0 Å². The minimum atomic E-state index is 0.123. The summed E-state index contributed by atoms with van der Waals surface area (Å²) in [6, 6.07) is 0. The second-order valence-electron chi connectivity index (χ2n) is 7.19. The van der Waals surface area contributed by atoms with Gasteiger partial charge in [0.05, 0.1) is 13.2 Å². The van der Waals surface area contributed by atoms with Crippen LogP contribution in [0.25, 0.3) is 0 Å². The molecule has 1 N–H and O–H groups in total. The van der Waals surface area contributed by atoms with Crippen molar-refractivity contribution < 1.29 is 14.6 Å². The Labute approximate surface area is 149 Å². The minimum absolute atomic E-state index is 0.123. The predicted molar refractivity (Wildman–Crippen MR) is 94.1 cm³/mol. The van der Waals surface area contributed by atoms with Crippen molar-refractivity contribution in [2.75, 3.05) is 52.5 Å². The van der Waals surface area contributed by atoms with Gasteiger partial charge in [-0.25, -0.2) is 4.98 Å². The lowest BCUT2D eigenvalue weighted by atomic mass is 9.89. The van der Waals surface area contributed by atoms with Crippen LogP contribution in [0.2, 0.25) is 0 Å². The van der Waals surface area contributed by atoms with Crippen molar-refractivity contribution in [3.8, 4) is 0 Å². The summed E-state index contributed by atoms with van der Waals surface area (Å²) in [5.74, 6) is 1.66. The van der Waals surface area contributed by atoms with Gasteiger partial charge in [-0.05, 0) is 18.3 Å². The molecule has 0 aliphatic carbocycles. The molecule has 140 valence electrons. The molecule has 0 saturated carbocycles. The van der Waals surface area contributed by atoms with Crippen molar-refractivity contribution in [3.63, 3.8) is 0 Å². The highest BCUT2D eigenvalue weighted by molar-refractivity contribution is 5.76. The summed E-state index contributed by atoms with van der Waals surface area (Å²) in [5.41, 5.74) is 0. The van der Waals surface area contributed by atoms with Crippen molar-refractivity contribution in [1.82, 2.24) is 19.4 Å². The van der Waals surface area contributed by atoms with Crippen molar-refractivity contribution >= 4 is 5.91 Å². The van der Waals surface area contributed by atoms with E-state index in [1.54, 1.807) is 6.20 Å². The van der Waals surface area contributed by atoms with Crippen molar-refractivity contribution in [2.24, 2.45) is 11.8 Å². The van der Waals surface area contributed by atoms with E-state index in [2.05, 4.69) is 9.88 Å². The topological polar surface area (TPSA) is 70.8 Å². The predicted octanol–water partition coefficient (Wildman–Crippen LogP) is 0.235. The van der Waals surface area contributed by atoms with E-state index in [0.717, 1.165) is 58.1 Å². The molecule has 2 saturated heterocycles. The fourth-order valence-corrected chi connectivity index (χ4v) is 3.98. The molecule has 1 aromatic rings. The molecule has 0 spiro atoms. The first-order valence-corrected chi connectivity index (χ1v) is 9.38. The highest BCUT2D eigenvalue weighted by Gasteiger charge is 2.31. The molecule has 3 heterocycles. The Balaban J connectivity index is 1.60. The normalized spacial score (nSPS) is 25.3. The quantitative estimate of drug-likeness (QED) is 0.796. The number of piperidine rings is 1. The van der Waals surface area contributed by atoms with Crippen LogP contribution in [0, 0.1) is 11.8 Å². The third-order valence-electron chi connectivity index (χ3n) is 5.28. The summed E-state index contributed by atoms with van der Waals surface area (Å²) in [4.78, 5) is 21.4.